The topological polar surface area (TPSA) is 46.2 Å². The van der Waals surface area contributed by atoms with Gasteiger partial charge in [0, 0.05) is 7.11 Å². The highest BCUT2D eigenvalue weighted by Gasteiger charge is 2.31. The standard InChI is InChI=1S/C20H42O5/c1-12-15(13-22-18(2,3)4)24-17(21-11)16(25-20(8,9)10)14-23-19(5,6)7/h15-17H,12-14H2,1-11H3. The molecule has 3 unspecified atom stereocenters. The SMILES string of the molecule is CCC(COC(C)(C)C)OC(OC)C(COC(C)(C)C)OC(C)(C)C. The molecule has 0 amide bonds. The molecule has 0 spiro atoms. The number of rotatable bonds is 10. The van der Waals surface area contributed by atoms with E-state index in [0.717, 1.165) is 6.42 Å². The van der Waals surface area contributed by atoms with Gasteiger partial charge in [0.25, 0.3) is 0 Å². The molecule has 0 aromatic rings. The third-order valence-corrected chi connectivity index (χ3v) is 3.21. The summed E-state index contributed by atoms with van der Waals surface area (Å²) in [6, 6.07) is 0. The van der Waals surface area contributed by atoms with Gasteiger partial charge >= 0.3 is 0 Å². The Labute approximate surface area is 155 Å². The molecule has 0 bridgehead atoms. The van der Waals surface area contributed by atoms with Gasteiger partial charge in [-0.15, -0.1) is 0 Å². The quantitative estimate of drug-likeness (QED) is 0.533. The van der Waals surface area contributed by atoms with E-state index in [1.807, 2.05) is 62.3 Å². The highest BCUT2D eigenvalue weighted by Crippen LogP contribution is 2.21. The predicted molar refractivity (Wildman–Crippen MR) is 102 cm³/mol. The lowest BCUT2D eigenvalue weighted by Gasteiger charge is -2.35. The Morgan fingerprint density at radius 3 is 1.56 bits per heavy atom. The lowest BCUT2D eigenvalue weighted by atomic mass is 10.1. The fraction of sp³-hybridized carbons (Fsp3) is 1.00. The third kappa shape index (κ3) is 13.6. The first-order valence-corrected chi connectivity index (χ1v) is 9.31. The second kappa shape index (κ2) is 10.2. The van der Waals surface area contributed by atoms with Crippen LogP contribution >= 0.6 is 0 Å². The molecule has 0 rings (SSSR count). The summed E-state index contributed by atoms with van der Waals surface area (Å²) < 4.78 is 29.7. The Bertz CT molecular complexity index is 349. The Hall–Kier alpha value is -0.200. The van der Waals surface area contributed by atoms with Gasteiger partial charge in [-0.25, -0.2) is 0 Å². The number of methoxy groups -OCH3 is 1. The van der Waals surface area contributed by atoms with E-state index in [1.54, 1.807) is 7.11 Å². The first kappa shape index (κ1) is 24.8. The van der Waals surface area contributed by atoms with Crippen LogP contribution in [0, 0.1) is 0 Å². The first-order chi connectivity index (χ1) is 11.2. The van der Waals surface area contributed by atoms with Gasteiger partial charge in [0.15, 0.2) is 6.29 Å². The molecule has 5 nitrogen and oxygen atoms in total. The minimum absolute atomic E-state index is 0.0649. The molecule has 0 fully saturated rings. The Morgan fingerprint density at radius 1 is 0.720 bits per heavy atom. The molecule has 0 radical (unpaired) electrons. The van der Waals surface area contributed by atoms with Crippen LogP contribution in [0.2, 0.25) is 0 Å². The molecule has 0 N–H and O–H groups in total. The van der Waals surface area contributed by atoms with Crippen molar-refractivity contribution in [1.29, 1.82) is 0 Å². The van der Waals surface area contributed by atoms with Crippen molar-refractivity contribution in [3.63, 3.8) is 0 Å². The van der Waals surface area contributed by atoms with E-state index in [4.69, 9.17) is 23.7 Å². The van der Waals surface area contributed by atoms with Crippen LogP contribution in [0.1, 0.15) is 75.7 Å². The van der Waals surface area contributed by atoms with Crippen LogP contribution in [0.25, 0.3) is 0 Å². The van der Waals surface area contributed by atoms with Gasteiger partial charge in [0.05, 0.1) is 36.1 Å². The van der Waals surface area contributed by atoms with Crippen LogP contribution in [0.5, 0.6) is 0 Å². The molecular weight excluding hydrogens is 320 g/mol. The molecule has 0 aromatic carbocycles. The van der Waals surface area contributed by atoms with Gasteiger partial charge in [-0.05, 0) is 68.7 Å². The summed E-state index contributed by atoms with van der Waals surface area (Å²) in [5, 5.41) is 0. The van der Waals surface area contributed by atoms with E-state index >= 15 is 0 Å². The molecule has 0 saturated carbocycles. The molecule has 0 saturated heterocycles. The summed E-state index contributed by atoms with van der Waals surface area (Å²) in [5.74, 6) is 0. The Kier molecular flexibility index (Phi) is 10.1. The smallest absolute Gasteiger partial charge is 0.186 e. The summed E-state index contributed by atoms with van der Waals surface area (Å²) in [7, 11) is 1.64. The van der Waals surface area contributed by atoms with Crippen molar-refractivity contribution in [2.24, 2.45) is 0 Å². The van der Waals surface area contributed by atoms with Gasteiger partial charge in [-0.1, -0.05) is 6.92 Å². The van der Waals surface area contributed by atoms with Crippen molar-refractivity contribution in [2.75, 3.05) is 20.3 Å². The number of hydrogen-bond acceptors (Lipinski definition) is 5. The normalized spacial score (nSPS) is 17.4. The zero-order valence-corrected chi connectivity index (χ0v) is 18.4. The van der Waals surface area contributed by atoms with E-state index in [9.17, 15) is 0 Å². The average molecular weight is 363 g/mol. The number of hydrogen-bond donors (Lipinski definition) is 0. The van der Waals surface area contributed by atoms with Gasteiger partial charge in [0.2, 0.25) is 0 Å². The van der Waals surface area contributed by atoms with Crippen LogP contribution in [-0.4, -0.2) is 55.6 Å². The van der Waals surface area contributed by atoms with Gasteiger partial charge in [-0.2, -0.15) is 0 Å². The van der Waals surface area contributed by atoms with Gasteiger partial charge in [-0.3, -0.25) is 0 Å². The minimum atomic E-state index is -0.518. The van der Waals surface area contributed by atoms with E-state index < -0.39 is 6.29 Å². The largest absolute Gasteiger partial charge is 0.373 e. The van der Waals surface area contributed by atoms with Crippen LogP contribution in [0.15, 0.2) is 0 Å². The number of ether oxygens (including phenoxy) is 5. The van der Waals surface area contributed by atoms with Crippen LogP contribution in [-0.2, 0) is 23.7 Å². The van der Waals surface area contributed by atoms with E-state index in [0.29, 0.717) is 13.2 Å². The second-order valence-electron chi connectivity index (χ2n) is 9.39. The highest BCUT2D eigenvalue weighted by atomic mass is 16.7. The Balaban J connectivity index is 4.99. The predicted octanol–water partition coefficient (Wildman–Crippen LogP) is 4.57. The van der Waals surface area contributed by atoms with Crippen LogP contribution < -0.4 is 0 Å². The van der Waals surface area contributed by atoms with Crippen LogP contribution in [0.4, 0.5) is 0 Å². The molecule has 0 aromatic heterocycles. The minimum Gasteiger partial charge on any atom is -0.373 e. The molecule has 152 valence electrons. The lowest BCUT2D eigenvalue weighted by Crippen LogP contribution is -2.45. The summed E-state index contributed by atoms with van der Waals surface area (Å²) >= 11 is 0. The molecular formula is C20H42O5. The van der Waals surface area contributed by atoms with Crippen molar-refractivity contribution in [3.05, 3.63) is 0 Å². The summed E-state index contributed by atoms with van der Waals surface area (Å²) in [6.07, 6.45) is -0.0777. The molecule has 0 heterocycles. The zero-order valence-electron chi connectivity index (χ0n) is 18.4. The van der Waals surface area contributed by atoms with Gasteiger partial charge < -0.3 is 23.7 Å². The fourth-order valence-electron chi connectivity index (χ4n) is 2.04. The Morgan fingerprint density at radius 2 is 1.20 bits per heavy atom. The highest BCUT2D eigenvalue weighted by molar-refractivity contribution is 4.73. The molecule has 3 atom stereocenters. The molecule has 5 heteroatoms. The van der Waals surface area contributed by atoms with E-state index in [2.05, 4.69) is 6.92 Å². The maximum Gasteiger partial charge on any atom is 0.186 e. The van der Waals surface area contributed by atoms with Crippen molar-refractivity contribution in [3.8, 4) is 0 Å². The van der Waals surface area contributed by atoms with E-state index in [-0.39, 0.29) is 29.0 Å². The van der Waals surface area contributed by atoms with E-state index in [1.165, 1.54) is 0 Å². The molecule has 0 aliphatic carbocycles. The summed E-state index contributed by atoms with van der Waals surface area (Å²) in [4.78, 5) is 0. The van der Waals surface area contributed by atoms with Crippen LogP contribution in [0.3, 0.4) is 0 Å². The van der Waals surface area contributed by atoms with Gasteiger partial charge in [0.1, 0.15) is 6.10 Å². The fourth-order valence-corrected chi connectivity index (χ4v) is 2.04. The molecule has 25 heavy (non-hydrogen) atoms. The van der Waals surface area contributed by atoms with Crippen molar-refractivity contribution >= 4 is 0 Å². The van der Waals surface area contributed by atoms with Crippen molar-refractivity contribution in [1.82, 2.24) is 0 Å². The second-order valence-corrected chi connectivity index (χ2v) is 9.39. The zero-order chi connectivity index (χ0) is 19.9. The first-order valence-electron chi connectivity index (χ1n) is 9.31. The average Bonchev–Trinajstić information content (AvgIpc) is 2.41. The molecule has 0 aliphatic heterocycles. The maximum absolute atomic E-state index is 6.17. The molecule has 0 aliphatic rings. The summed E-state index contributed by atoms with van der Waals surface area (Å²) in [6.45, 7) is 21.2. The third-order valence-electron chi connectivity index (χ3n) is 3.21. The maximum atomic E-state index is 6.17. The summed E-state index contributed by atoms with van der Waals surface area (Å²) in [5.41, 5.74) is -0.775. The monoisotopic (exact) mass is 362 g/mol. The van der Waals surface area contributed by atoms with Crippen molar-refractivity contribution in [2.45, 2.75) is 111 Å². The lowest BCUT2D eigenvalue weighted by molar-refractivity contribution is -0.259. The van der Waals surface area contributed by atoms with Crippen molar-refractivity contribution < 1.29 is 23.7 Å².